The van der Waals surface area contributed by atoms with E-state index in [1.165, 1.54) is 0 Å². The molecule has 0 bridgehead atoms. The first-order chi connectivity index (χ1) is 7.74. The van der Waals surface area contributed by atoms with E-state index in [0.29, 0.717) is 0 Å². The molecule has 0 aromatic carbocycles. The van der Waals surface area contributed by atoms with Gasteiger partial charge in [0, 0.05) is 11.8 Å². The van der Waals surface area contributed by atoms with Crippen LogP contribution in [0.4, 0.5) is 24.8 Å². The molecule has 6 nitrogen and oxygen atoms in total. The van der Waals surface area contributed by atoms with Gasteiger partial charge in [0.1, 0.15) is 5.03 Å². The van der Waals surface area contributed by atoms with E-state index < -0.39 is 39.8 Å². The summed E-state index contributed by atoms with van der Waals surface area (Å²) in [5.41, 5.74) is 5.40. The van der Waals surface area contributed by atoms with Crippen molar-refractivity contribution in [3.05, 3.63) is 5.69 Å². The third-order valence-corrected chi connectivity index (χ3v) is 2.23. The van der Waals surface area contributed by atoms with E-state index in [0.717, 1.165) is 7.11 Å². The number of alkyl halides is 3. The standard InChI is InChI=1S/C7H7F3N4O2S/c1-16-6(15)2-3(11)14-4(12)5(13-2)17-7(8,9)10/h1H3,(H4,11,12,14). The Morgan fingerprint density at radius 1 is 1.29 bits per heavy atom. The highest BCUT2D eigenvalue weighted by Gasteiger charge is 2.32. The number of halogens is 3. The van der Waals surface area contributed by atoms with E-state index in [9.17, 15) is 18.0 Å². The first kappa shape index (κ1) is 13.4. The number of carbonyl (C=O) groups is 1. The summed E-state index contributed by atoms with van der Waals surface area (Å²) >= 11 is -0.584. The minimum atomic E-state index is -4.59. The van der Waals surface area contributed by atoms with E-state index in [4.69, 9.17) is 11.5 Å². The van der Waals surface area contributed by atoms with Crippen molar-refractivity contribution in [3.8, 4) is 0 Å². The molecule has 17 heavy (non-hydrogen) atoms. The van der Waals surface area contributed by atoms with Gasteiger partial charge in [-0.05, 0) is 0 Å². The summed E-state index contributed by atoms with van der Waals surface area (Å²) in [6, 6.07) is 0. The van der Waals surface area contributed by atoms with Crippen LogP contribution in [0.2, 0.25) is 0 Å². The van der Waals surface area contributed by atoms with E-state index in [1.54, 1.807) is 0 Å². The molecule has 10 heteroatoms. The van der Waals surface area contributed by atoms with Crippen LogP contribution in [-0.4, -0.2) is 28.6 Å². The number of thioether (sulfide) groups is 1. The Balaban J connectivity index is 3.19. The van der Waals surface area contributed by atoms with Crippen LogP contribution in [0.3, 0.4) is 0 Å². The van der Waals surface area contributed by atoms with Crippen LogP contribution < -0.4 is 11.5 Å². The lowest BCUT2D eigenvalue weighted by molar-refractivity contribution is -0.0329. The molecule has 0 fully saturated rings. The summed E-state index contributed by atoms with van der Waals surface area (Å²) in [5, 5.41) is -0.646. The number of ether oxygens (including phenoxy) is 1. The molecule has 0 atom stereocenters. The number of nitrogen functional groups attached to an aromatic ring is 2. The van der Waals surface area contributed by atoms with Crippen LogP contribution in [0, 0.1) is 0 Å². The average Bonchev–Trinajstić information content (AvgIpc) is 2.19. The maximum absolute atomic E-state index is 12.1. The van der Waals surface area contributed by atoms with Crippen LogP contribution in [0.15, 0.2) is 5.03 Å². The van der Waals surface area contributed by atoms with Crippen LogP contribution in [-0.2, 0) is 4.74 Å². The predicted octanol–water partition coefficient (Wildman–Crippen LogP) is 1.04. The molecule has 0 aliphatic carbocycles. The van der Waals surface area contributed by atoms with Crippen molar-refractivity contribution < 1.29 is 22.7 Å². The van der Waals surface area contributed by atoms with Crippen LogP contribution >= 0.6 is 11.8 Å². The van der Waals surface area contributed by atoms with Gasteiger partial charge >= 0.3 is 11.5 Å². The normalized spacial score (nSPS) is 11.3. The summed E-state index contributed by atoms with van der Waals surface area (Å²) in [7, 11) is 1.04. The van der Waals surface area contributed by atoms with Gasteiger partial charge in [0.25, 0.3) is 0 Å². The number of hydrogen-bond donors (Lipinski definition) is 2. The van der Waals surface area contributed by atoms with E-state index >= 15 is 0 Å². The summed E-state index contributed by atoms with van der Waals surface area (Å²) in [4.78, 5) is 17.9. The van der Waals surface area contributed by atoms with E-state index in [-0.39, 0.29) is 5.82 Å². The number of nitrogens with zero attached hydrogens (tertiary/aromatic N) is 2. The molecule has 0 radical (unpaired) electrons. The largest absolute Gasteiger partial charge is 0.464 e. The molecule has 0 amide bonds. The lowest BCUT2D eigenvalue weighted by Crippen LogP contribution is -2.14. The highest BCUT2D eigenvalue weighted by Crippen LogP contribution is 2.38. The number of aromatic nitrogens is 2. The zero-order valence-corrected chi connectivity index (χ0v) is 9.22. The molecular formula is C7H7F3N4O2S. The zero-order valence-electron chi connectivity index (χ0n) is 8.41. The van der Waals surface area contributed by atoms with E-state index in [1.807, 2.05) is 0 Å². The molecule has 1 rings (SSSR count). The summed E-state index contributed by atoms with van der Waals surface area (Å²) in [6.45, 7) is 0. The summed E-state index contributed by atoms with van der Waals surface area (Å²) in [5.74, 6) is -1.88. The van der Waals surface area contributed by atoms with Crippen molar-refractivity contribution >= 4 is 29.4 Å². The van der Waals surface area contributed by atoms with Gasteiger partial charge in [-0.1, -0.05) is 0 Å². The molecule has 0 saturated heterocycles. The zero-order chi connectivity index (χ0) is 13.2. The Morgan fingerprint density at radius 3 is 2.35 bits per heavy atom. The number of esters is 1. The number of hydrogen-bond acceptors (Lipinski definition) is 7. The fourth-order valence-corrected chi connectivity index (χ4v) is 1.38. The smallest absolute Gasteiger partial charge is 0.447 e. The maximum Gasteiger partial charge on any atom is 0.447 e. The van der Waals surface area contributed by atoms with Crippen molar-refractivity contribution in [2.24, 2.45) is 0 Å². The average molecular weight is 268 g/mol. The molecule has 0 aliphatic rings. The minimum absolute atomic E-state index is 0.388. The van der Waals surface area contributed by atoms with Gasteiger partial charge in [-0.3, -0.25) is 0 Å². The van der Waals surface area contributed by atoms with Gasteiger partial charge in [-0.25, -0.2) is 14.8 Å². The Hall–Kier alpha value is -1.71. The molecule has 94 valence electrons. The SMILES string of the molecule is COC(=O)c1nc(SC(F)(F)F)c(N)nc1N. The number of nitrogens with two attached hydrogens (primary N) is 2. The maximum atomic E-state index is 12.1. The summed E-state index contributed by atoms with van der Waals surface area (Å²) < 4.78 is 40.7. The van der Waals surface area contributed by atoms with Gasteiger partial charge in [0.2, 0.25) is 0 Å². The predicted molar refractivity (Wildman–Crippen MR) is 54.1 cm³/mol. The van der Waals surface area contributed by atoms with Gasteiger partial charge in [-0.15, -0.1) is 0 Å². The molecule has 1 aromatic rings. The molecule has 1 heterocycles. The monoisotopic (exact) mass is 268 g/mol. The third-order valence-electron chi connectivity index (χ3n) is 1.51. The van der Waals surface area contributed by atoms with Gasteiger partial charge in [-0.2, -0.15) is 13.2 Å². The second-order valence-electron chi connectivity index (χ2n) is 2.69. The quantitative estimate of drug-likeness (QED) is 0.610. The van der Waals surface area contributed by atoms with Crippen LogP contribution in [0.1, 0.15) is 10.5 Å². The van der Waals surface area contributed by atoms with Crippen molar-refractivity contribution in [1.82, 2.24) is 9.97 Å². The highest BCUT2D eigenvalue weighted by atomic mass is 32.2. The van der Waals surface area contributed by atoms with Crippen molar-refractivity contribution in [2.45, 2.75) is 10.5 Å². The van der Waals surface area contributed by atoms with Crippen LogP contribution in [0.5, 0.6) is 0 Å². The second kappa shape index (κ2) is 4.65. The lowest BCUT2D eigenvalue weighted by Gasteiger charge is -2.09. The summed E-state index contributed by atoms with van der Waals surface area (Å²) in [6.07, 6.45) is 0. The first-order valence-corrected chi connectivity index (χ1v) is 4.83. The molecule has 0 aliphatic heterocycles. The Bertz CT molecular complexity index is 451. The third kappa shape index (κ3) is 3.37. The number of anilines is 2. The van der Waals surface area contributed by atoms with Gasteiger partial charge in [0.05, 0.1) is 7.11 Å². The number of rotatable bonds is 2. The lowest BCUT2D eigenvalue weighted by atomic mass is 10.4. The number of carbonyl (C=O) groups excluding carboxylic acids is 1. The molecule has 0 spiro atoms. The topological polar surface area (TPSA) is 104 Å². The fourth-order valence-electron chi connectivity index (χ4n) is 0.878. The minimum Gasteiger partial charge on any atom is -0.464 e. The second-order valence-corrected chi connectivity index (χ2v) is 3.74. The molecule has 0 unspecified atom stereocenters. The van der Waals surface area contributed by atoms with Crippen molar-refractivity contribution in [1.29, 1.82) is 0 Å². The Morgan fingerprint density at radius 2 is 1.88 bits per heavy atom. The molecule has 1 aromatic heterocycles. The first-order valence-electron chi connectivity index (χ1n) is 4.01. The molecule has 0 saturated carbocycles. The molecular weight excluding hydrogens is 261 g/mol. The van der Waals surface area contributed by atoms with Crippen molar-refractivity contribution in [3.63, 3.8) is 0 Å². The Labute approximate surface area is 97.5 Å². The molecule has 4 N–H and O–H groups in total. The fraction of sp³-hybridized carbons (Fsp3) is 0.286. The highest BCUT2D eigenvalue weighted by molar-refractivity contribution is 8.00. The van der Waals surface area contributed by atoms with Crippen molar-refractivity contribution in [2.75, 3.05) is 18.6 Å². The van der Waals surface area contributed by atoms with Gasteiger partial charge in [0.15, 0.2) is 17.3 Å². The van der Waals surface area contributed by atoms with Crippen LogP contribution in [0.25, 0.3) is 0 Å². The van der Waals surface area contributed by atoms with Gasteiger partial charge < -0.3 is 16.2 Å². The Kier molecular flexibility index (Phi) is 3.66. The van der Waals surface area contributed by atoms with E-state index in [2.05, 4.69) is 14.7 Å². The number of methoxy groups -OCH3 is 1.